The maximum Gasteiger partial charge on any atom is 0.122 e. The Balaban J connectivity index is 2.45. The molecule has 0 saturated heterocycles. The summed E-state index contributed by atoms with van der Waals surface area (Å²) in [5.41, 5.74) is 1.31. The Kier molecular flexibility index (Phi) is 8.24. The first-order chi connectivity index (χ1) is 9.52. The molecule has 0 fully saturated rings. The molecule has 1 atom stereocenters. The summed E-state index contributed by atoms with van der Waals surface area (Å²) in [5, 5.41) is 3.48. The van der Waals surface area contributed by atoms with Gasteiger partial charge in [0.25, 0.3) is 0 Å². The fourth-order valence-corrected chi connectivity index (χ4v) is 2.61. The first kappa shape index (κ1) is 17.5. The molecule has 0 spiro atoms. The standard InChI is InChI=1S/C17H28BrNO/c1-5-20-17-9-8-16(18)12-15(17)7-6-14(4)10-11-19-13(2)3/h8-9,12-14,19H,5-7,10-11H2,1-4H3. The van der Waals surface area contributed by atoms with Gasteiger partial charge in [-0.25, -0.2) is 0 Å². The second-order valence-electron chi connectivity index (χ2n) is 5.73. The topological polar surface area (TPSA) is 21.3 Å². The third-order valence-electron chi connectivity index (χ3n) is 3.42. The summed E-state index contributed by atoms with van der Waals surface area (Å²) in [4.78, 5) is 0. The molecule has 0 aliphatic heterocycles. The molecule has 114 valence electrons. The van der Waals surface area contributed by atoms with Gasteiger partial charge >= 0.3 is 0 Å². The van der Waals surface area contributed by atoms with Crippen molar-refractivity contribution in [3.05, 3.63) is 28.2 Å². The summed E-state index contributed by atoms with van der Waals surface area (Å²) in [6, 6.07) is 6.87. The zero-order valence-corrected chi connectivity index (χ0v) is 14.8. The predicted octanol–water partition coefficient (Wildman–Crippen LogP) is 4.80. The van der Waals surface area contributed by atoms with Crippen LogP contribution in [0.3, 0.4) is 0 Å². The van der Waals surface area contributed by atoms with Crippen molar-refractivity contribution in [3.8, 4) is 5.75 Å². The van der Waals surface area contributed by atoms with Crippen molar-refractivity contribution in [2.45, 2.75) is 53.0 Å². The van der Waals surface area contributed by atoms with E-state index in [2.05, 4.69) is 54.2 Å². The molecule has 0 radical (unpaired) electrons. The molecule has 1 aromatic rings. The van der Waals surface area contributed by atoms with Crippen LogP contribution in [0.15, 0.2) is 22.7 Å². The van der Waals surface area contributed by atoms with Crippen molar-refractivity contribution < 1.29 is 4.74 Å². The van der Waals surface area contributed by atoms with Gasteiger partial charge in [0.15, 0.2) is 0 Å². The fourth-order valence-electron chi connectivity index (χ4n) is 2.20. The van der Waals surface area contributed by atoms with Crippen LogP contribution in [0.25, 0.3) is 0 Å². The Morgan fingerprint density at radius 2 is 1.95 bits per heavy atom. The average molecular weight is 342 g/mol. The van der Waals surface area contributed by atoms with Gasteiger partial charge in [-0.3, -0.25) is 0 Å². The minimum absolute atomic E-state index is 0.580. The third-order valence-corrected chi connectivity index (χ3v) is 3.91. The number of nitrogens with one attached hydrogen (secondary N) is 1. The van der Waals surface area contributed by atoms with Gasteiger partial charge in [-0.05, 0) is 62.4 Å². The van der Waals surface area contributed by atoms with Crippen LogP contribution in [0.4, 0.5) is 0 Å². The number of benzene rings is 1. The minimum atomic E-state index is 0.580. The van der Waals surface area contributed by atoms with Crippen LogP contribution in [-0.2, 0) is 6.42 Å². The number of halogens is 1. The van der Waals surface area contributed by atoms with E-state index in [-0.39, 0.29) is 0 Å². The van der Waals surface area contributed by atoms with E-state index in [4.69, 9.17) is 4.74 Å². The minimum Gasteiger partial charge on any atom is -0.494 e. The molecule has 0 bridgehead atoms. The van der Waals surface area contributed by atoms with Crippen LogP contribution in [0.2, 0.25) is 0 Å². The molecule has 1 aromatic carbocycles. The van der Waals surface area contributed by atoms with Crippen molar-refractivity contribution in [1.29, 1.82) is 0 Å². The quantitative estimate of drug-likeness (QED) is 0.696. The van der Waals surface area contributed by atoms with Crippen LogP contribution >= 0.6 is 15.9 Å². The van der Waals surface area contributed by atoms with Crippen LogP contribution in [0.5, 0.6) is 5.75 Å². The monoisotopic (exact) mass is 341 g/mol. The molecule has 20 heavy (non-hydrogen) atoms. The molecular weight excluding hydrogens is 314 g/mol. The third kappa shape index (κ3) is 6.76. The van der Waals surface area contributed by atoms with Crippen molar-refractivity contribution in [2.75, 3.05) is 13.2 Å². The highest BCUT2D eigenvalue weighted by Crippen LogP contribution is 2.26. The normalized spacial score (nSPS) is 12.7. The van der Waals surface area contributed by atoms with Crippen molar-refractivity contribution in [1.82, 2.24) is 5.32 Å². The largest absolute Gasteiger partial charge is 0.494 e. The molecule has 1 N–H and O–H groups in total. The molecular formula is C17H28BrNO. The molecule has 0 amide bonds. The maximum absolute atomic E-state index is 5.70. The van der Waals surface area contributed by atoms with Crippen molar-refractivity contribution >= 4 is 15.9 Å². The lowest BCUT2D eigenvalue weighted by atomic mass is 9.97. The number of rotatable bonds is 9. The summed E-state index contributed by atoms with van der Waals surface area (Å²) in [5.74, 6) is 1.76. The van der Waals surface area contributed by atoms with E-state index < -0.39 is 0 Å². The maximum atomic E-state index is 5.70. The molecule has 1 rings (SSSR count). The zero-order chi connectivity index (χ0) is 15.0. The smallest absolute Gasteiger partial charge is 0.122 e. The number of hydrogen-bond acceptors (Lipinski definition) is 2. The predicted molar refractivity (Wildman–Crippen MR) is 90.6 cm³/mol. The summed E-state index contributed by atoms with van der Waals surface area (Å²) < 4.78 is 6.83. The molecule has 1 unspecified atom stereocenters. The molecule has 0 heterocycles. The molecule has 3 heteroatoms. The van der Waals surface area contributed by atoms with Crippen molar-refractivity contribution in [3.63, 3.8) is 0 Å². The van der Waals surface area contributed by atoms with Crippen LogP contribution in [0, 0.1) is 5.92 Å². The second kappa shape index (κ2) is 9.41. The number of aryl methyl sites for hydroxylation is 1. The Morgan fingerprint density at radius 1 is 1.20 bits per heavy atom. The zero-order valence-electron chi connectivity index (χ0n) is 13.2. The highest BCUT2D eigenvalue weighted by Gasteiger charge is 2.08. The van der Waals surface area contributed by atoms with E-state index in [1.54, 1.807) is 0 Å². The van der Waals surface area contributed by atoms with Crippen LogP contribution in [0.1, 0.15) is 46.1 Å². The molecule has 0 aliphatic carbocycles. The lowest BCUT2D eigenvalue weighted by Crippen LogP contribution is -2.25. The van der Waals surface area contributed by atoms with Crippen molar-refractivity contribution in [2.24, 2.45) is 5.92 Å². The lowest BCUT2D eigenvalue weighted by Gasteiger charge is -2.15. The summed E-state index contributed by atoms with van der Waals surface area (Å²) in [6.45, 7) is 10.6. The van der Waals surface area contributed by atoms with Crippen LogP contribution < -0.4 is 10.1 Å². The van der Waals surface area contributed by atoms with E-state index in [0.717, 1.165) is 35.7 Å². The molecule has 0 aliphatic rings. The SMILES string of the molecule is CCOc1ccc(Br)cc1CCC(C)CCNC(C)C. The summed E-state index contributed by atoms with van der Waals surface area (Å²) >= 11 is 3.55. The van der Waals surface area contributed by atoms with Gasteiger partial charge in [0.2, 0.25) is 0 Å². The lowest BCUT2D eigenvalue weighted by molar-refractivity contribution is 0.335. The Labute approximate surface area is 132 Å². The molecule has 2 nitrogen and oxygen atoms in total. The van der Waals surface area contributed by atoms with E-state index >= 15 is 0 Å². The van der Waals surface area contributed by atoms with E-state index in [0.29, 0.717) is 6.04 Å². The highest BCUT2D eigenvalue weighted by molar-refractivity contribution is 9.10. The first-order valence-corrected chi connectivity index (χ1v) is 8.46. The first-order valence-electron chi connectivity index (χ1n) is 7.67. The van der Waals surface area contributed by atoms with E-state index in [1.807, 2.05) is 13.0 Å². The second-order valence-corrected chi connectivity index (χ2v) is 6.64. The summed E-state index contributed by atoms with van der Waals surface area (Å²) in [7, 11) is 0. The number of hydrogen-bond donors (Lipinski definition) is 1. The molecule has 0 aromatic heterocycles. The van der Waals surface area contributed by atoms with Gasteiger partial charge in [-0.1, -0.05) is 36.7 Å². The molecule has 0 saturated carbocycles. The van der Waals surface area contributed by atoms with Gasteiger partial charge in [0, 0.05) is 10.5 Å². The summed E-state index contributed by atoms with van der Waals surface area (Å²) in [6.07, 6.45) is 3.52. The Bertz CT molecular complexity index is 393. The van der Waals surface area contributed by atoms with Gasteiger partial charge in [0.05, 0.1) is 6.61 Å². The van der Waals surface area contributed by atoms with Gasteiger partial charge < -0.3 is 10.1 Å². The van der Waals surface area contributed by atoms with E-state index in [1.165, 1.54) is 18.4 Å². The number of ether oxygens (including phenoxy) is 1. The Morgan fingerprint density at radius 3 is 2.60 bits per heavy atom. The van der Waals surface area contributed by atoms with E-state index in [9.17, 15) is 0 Å². The highest BCUT2D eigenvalue weighted by atomic mass is 79.9. The average Bonchev–Trinajstić information content (AvgIpc) is 2.39. The fraction of sp³-hybridized carbons (Fsp3) is 0.647. The van der Waals surface area contributed by atoms with Gasteiger partial charge in [0.1, 0.15) is 5.75 Å². The van der Waals surface area contributed by atoms with Gasteiger partial charge in [-0.2, -0.15) is 0 Å². The van der Waals surface area contributed by atoms with Gasteiger partial charge in [-0.15, -0.1) is 0 Å². The van der Waals surface area contributed by atoms with Crippen LogP contribution in [-0.4, -0.2) is 19.2 Å². The Hall–Kier alpha value is -0.540.